The Balaban J connectivity index is 1.30. The van der Waals surface area contributed by atoms with E-state index >= 15 is 0 Å². The summed E-state index contributed by atoms with van der Waals surface area (Å²) in [6.07, 6.45) is 3.19. The van der Waals surface area contributed by atoms with Gasteiger partial charge in [0.25, 0.3) is 5.91 Å². The van der Waals surface area contributed by atoms with E-state index in [4.69, 9.17) is 0 Å². The van der Waals surface area contributed by atoms with Crippen LogP contribution in [-0.4, -0.2) is 61.6 Å². The molecule has 0 N–H and O–H groups in total. The molecule has 1 saturated heterocycles. The Morgan fingerprint density at radius 2 is 1.93 bits per heavy atom. The third-order valence-electron chi connectivity index (χ3n) is 5.69. The molecule has 3 aromatic rings. The smallest absolute Gasteiger partial charge is 0.293 e. The van der Waals surface area contributed by atoms with Crippen LogP contribution in [0.2, 0.25) is 0 Å². The number of benzene rings is 1. The van der Waals surface area contributed by atoms with Crippen molar-refractivity contribution in [1.29, 1.82) is 0 Å². The van der Waals surface area contributed by atoms with Gasteiger partial charge in [-0.3, -0.25) is 9.69 Å². The number of aromatic nitrogens is 4. The molecule has 0 bridgehead atoms. The summed E-state index contributed by atoms with van der Waals surface area (Å²) in [5, 5.41) is 7.86. The van der Waals surface area contributed by atoms with E-state index in [1.165, 1.54) is 0 Å². The van der Waals surface area contributed by atoms with Crippen LogP contribution in [0, 0.1) is 6.92 Å². The van der Waals surface area contributed by atoms with Crippen molar-refractivity contribution in [1.82, 2.24) is 29.5 Å². The van der Waals surface area contributed by atoms with Crippen LogP contribution in [0.4, 0.5) is 0 Å². The molecule has 2 fully saturated rings. The Kier molecular flexibility index (Phi) is 5.35. The Labute approximate surface area is 180 Å². The number of aryl methyl sites for hydroxylation is 1. The summed E-state index contributed by atoms with van der Waals surface area (Å²) < 4.78 is 1.86. The van der Waals surface area contributed by atoms with Gasteiger partial charge in [0.2, 0.25) is 5.82 Å². The van der Waals surface area contributed by atoms with Crippen molar-refractivity contribution in [3.8, 4) is 5.69 Å². The van der Waals surface area contributed by atoms with Crippen molar-refractivity contribution in [2.45, 2.75) is 38.6 Å². The number of carbonyl (C=O) groups is 1. The fourth-order valence-electron chi connectivity index (χ4n) is 3.96. The monoisotopic (exact) mass is 422 g/mol. The van der Waals surface area contributed by atoms with Crippen LogP contribution in [0.1, 0.15) is 52.3 Å². The zero-order valence-corrected chi connectivity index (χ0v) is 18.0. The second kappa shape index (κ2) is 8.28. The number of hydrogen-bond acceptors (Lipinski definition) is 6. The van der Waals surface area contributed by atoms with Gasteiger partial charge in [-0.2, -0.15) is 0 Å². The molecule has 0 spiro atoms. The van der Waals surface area contributed by atoms with Gasteiger partial charge in [-0.25, -0.2) is 14.6 Å². The number of thiazole rings is 1. The molecule has 1 aliphatic carbocycles. The van der Waals surface area contributed by atoms with Crippen molar-refractivity contribution >= 4 is 17.2 Å². The lowest BCUT2D eigenvalue weighted by atomic mass is 10.3. The van der Waals surface area contributed by atoms with Gasteiger partial charge in [-0.05, 0) is 38.3 Å². The van der Waals surface area contributed by atoms with E-state index in [1.54, 1.807) is 11.3 Å². The number of carbonyl (C=O) groups excluding carboxylic acids is 1. The first-order valence-electron chi connectivity index (χ1n) is 10.6. The Hall–Kier alpha value is -2.58. The summed E-state index contributed by atoms with van der Waals surface area (Å²) in [5.74, 6) is 1.60. The molecule has 1 saturated carbocycles. The van der Waals surface area contributed by atoms with Crippen molar-refractivity contribution < 1.29 is 4.79 Å². The summed E-state index contributed by atoms with van der Waals surface area (Å²) in [6, 6.07) is 9.99. The summed E-state index contributed by atoms with van der Waals surface area (Å²) in [5.41, 5.74) is 2.08. The van der Waals surface area contributed by atoms with Gasteiger partial charge < -0.3 is 4.90 Å². The van der Waals surface area contributed by atoms with Crippen LogP contribution in [-0.2, 0) is 6.54 Å². The standard InChI is InChI=1S/C22H26N6OS/c1-16-23-18(15-30-16)14-26-10-5-11-27(13-12-26)22(29)20-24-21(17-8-9-17)28(25-20)19-6-3-2-4-7-19/h2-4,6-7,15,17H,5,8-14H2,1H3. The average molecular weight is 423 g/mol. The van der Waals surface area contributed by atoms with E-state index in [-0.39, 0.29) is 5.91 Å². The lowest BCUT2D eigenvalue weighted by Crippen LogP contribution is -2.35. The van der Waals surface area contributed by atoms with E-state index in [9.17, 15) is 4.79 Å². The molecule has 5 rings (SSSR count). The van der Waals surface area contributed by atoms with Crippen LogP contribution < -0.4 is 0 Å². The van der Waals surface area contributed by atoms with Crippen LogP contribution in [0.25, 0.3) is 5.69 Å². The highest BCUT2D eigenvalue weighted by Crippen LogP contribution is 2.39. The largest absolute Gasteiger partial charge is 0.335 e. The molecule has 2 aromatic heterocycles. The Bertz CT molecular complexity index is 1030. The predicted octanol–water partition coefficient (Wildman–Crippen LogP) is 3.26. The number of nitrogens with zero attached hydrogens (tertiary/aromatic N) is 6. The van der Waals surface area contributed by atoms with Gasteiger partial charge in [0.15, 0.2) is 0 Å². The average Bonchev–Trinajstić information content (AvgIpc) is 3.45. The first-order valence-corrected chi connectivity index (χ1v) is 11.5. The van der Waals surface area contributed by atoms with E-state index < -0.39 is 0 Å². The SMILES string of the molecule is Cc1nc(CN2CCCN(C(=O)c3nc(C4CC4)n(-c4ccccc4)n3)CC2)cs1. The molecule has 1 aliphatic heterocycles. The maximum atomic E-state index is 13.2. The molecule has 156 valence electrons. The molecule has 0 atom stereocenters. The highest BCUT2D eigenvalue weighted by Gasteiger charge is 2.32. The Morgan fingerprint density at radius 1 is 1.10 bits per heavy atom. The molecule has 3 heterocycles. The zero-order chi connectivity index (χ0) is 20.5. The molecule has 7 nitrogen and oxygen atoms in total. The number of rotatable bonds is 5. The van der Waals surface area contributed by atoms with Crippen molar-refractivity contribution in [2.24, 2.45) is 0 Å². The molecule has 1 amide bonds. The van der Waals surface area contributed by atoms with Gasteiger partial charge in [-0.1, -0.05) is 18.2 Å². The van der Waals surface area contributed by atoms with E-state index in [1.807, 2.05) is 46.8 Å². The molecular weight excluding hydrogens is 396 g/mol. The Morgan fingerprint density at radius 3 is 2.67 bits per heavy atom. The highest BCUT2D eigenvalue weighted by molar-refractivity contribution is 7.09. The summed E-state index contributed by atoms with van der Waals surface area (Å²) in [6.45, 7) is 6.13. The third kappa shape index (κ3) is 4.15. The van der Waals surface area contributed by atoms with Crippen LogP contribution in [0.5, 0.6) is 0 Å². The minimum Gasteiger partial charge on any atom is -0.335 e. The quantitative estimate of drug-likeness (QED) is 0.631. The van der Waals surface area contributed by atoms with E-state index in [0.717, 1.165) is 67.7 Å². The van der Waals surface area contributed by atoms with Crippen molar-refractivity contribution in [3.05, 3.63) is 58.1 Å². The minimum absolute atomic E-state index is 0.0575. The van der Waals surface area contributed by atoms with Gasteiger partial charge in [0.05, 0.1) is 16.4 Å². The zero-order valence-electron chi connectivity index (χ0n) is 17.2. The molecule has 1 aromatic carbocycles. The maximum Gasteiger partial charge on any atom is 0.293 e. The molecule has 0 unspecified atom stereocenters. The van der Waals surface area contributed by atoms with Gasteiger partial charge in [0, 0.05) is 44.0 Å². The van der Waals surface area contributed by atoms with Crippen LogP contribution >= 0.6 is 11.3 Å². The maximum absolute atomic E-state index is 13.2. The second-order valence-electron chi connectivity index (χ2n) is 8.09. The van der Waals surface area contributed by atoms with Gasteiger partial charge in [-0.15, -0.1) is 16.4 Å². The van der Waals surface area contributed by atoms with Crippen molar-refractivity contribution in [2.75, 3.05) is 26.2 Å². The first kappa shape index (κ1) is 19.4. The minimum atomic E-state index is -0.0575. The highest BCUT2D eigenvalue weighted by atomic mass is 32.1. The number of hydrogen-bond donors (Lipinski definition) is 0. The lowest BCUT2D eigenvalue weighted by molar-refractivity contribution is 0.0749. The predicted molar refractivity (Wildman–Crippen MR) is 116 cm³/mol. The van der Waals surface area contributed by atoms with Crippen LogP contribution in [0.15, 0.2) is 35.7 Å². The molecule has 2 aliphatic rings. The molecule has 0 radical (unpaired) electrons. The molecule has 30 heavy (non-hydrogen) atoms. The first-order chi connectivity index (χ1) is 14.7. The molecule has 8 heteroatoms. The molecular formula is C22H26N6OS. The van der Waals surface area contributed by atoms with Crippen LogP contribution in [0.3, 0.4) is 0 Å². The summed E-state index contributed by atoms with van der Waals surface area (Å²) in [7, 11) is 0. The third-order valence-corrected chi connectivity index (χ3v) is 6.52. The van der Waals surface area contributed by atoms with Gasteiger partial charge >= 0.3 is 0 Å². The number of para-hydroxylation sites is 1. The normalized spacial score (nSPS) is 17.8. The number of amides is 1. The second-order valence-corrected chi connectivity index (χ2v) is 9.16. The summed E-state index contributed by atoms with van der Waals surface area (Å²) >= 11 is 1.69. The fraction of sp³-hybridized carbons (Fsp3) is 0.455. The van der Waals surface area contributed by atoms with Gasteiger partial charge in [0.1, 0.15) is 5.82 Å². The topological polar surface area (TPSA) is 67.2 Å². The van der Waals surface area contributed by atoms with E-state index in [2.05, 4.69) is 25.3 Å². The van der Waals surface area contributed by atoms with E-state index in [0.29, 0.717) is 18.3 Å². The van der Waals surface area contributed by atoms with Crippen molar-refractivity contribution in [3.63, 3.8) is 0 Å². The lowest BCUT2D eigenvalue weighted by Gasteiger charge is -2.20. The summed E-state index contributed by atoms with van der Waals surface area (Å²) in [4.78, 5) is 26.8. The fourth-order valence-corrected chi connectivity index (χ4v) is 4.57.